The van der Waals surface area contributed by atoms with Crippen LogP contribution in [-0.4, -0.2) is 37.5 Å². The molecule has 1 N–H and O–H groups in total. The van der Waals surface area contributed by atoms with E-state index in [0.29, 0.717) is 35.3 Å². The Balaban J connectivity index is 2.00. The van der Waals surface area contributed by atoms with Gasteiger partial charge in [0.1, 0.15) is 0 Å². The number of carbonyl (C=O) groups is 3. The molecule has 0 radical (unpaired) electrons. The van der Waals surface area contributed by atoms with E-state index in [9.17, 15) is 14.4 Å². The maximum atomic E-state index is 12.4. The van der Waals surface area contributed by atoms with Gasteiger partial charge in [-0.05, 0) is 62.2 Å². The zero-order valence-electron chi connectivity index (χ0n) is 17.9. The fourth-order valence-electron chi connectivity index (χ4n) is 2.48. The van der Waals surface area contributed by atoms with E-state index in [1.54, 1.807) is 36.4 Å². The van der Waals surface area contributed by atoms with E-state index >= 15 is 0 Å². The van der Waals surface area contributed by atoms with Crippen molar-refractivity contribution < 1.29 is 28.6 Å². The summed E-state index contributed by atoms with van der Waals surface area (Å²) in [6.45, 7) is 7.52. The topological polar surface area (TPSA) is 90.9 Å². The number of nitrogens with one attached hydrogen (secondary N) is 1. The molecule has 0 aliphatic carbocycles. The third kappa shape index (κ3) is 6.34. The molecule has 7 heteroatoms. The minimum absolute atomic E-state index is 0.0637. The Morgan fingerprint density at radius 3 is 2.13 bits per heavy atom. The van der Waals surface area contributed by atoms with Gasteiger partial charge < -0.3 is 19.5 Å². The largest absolute Gasteiger partial charge is 0.493 e. The van der Waals surface area contributed by atoms with E-state index in [1.807, 2.05) is 13.8 Å². The molecule has 0 aliphatic heterocycles. The van der Waals surface area contributed by atoms with Gasteiger partial charge in [-0.2, -0.15) is 0 Å². The van der Waals surface area contributed by atoms with Crippen LogP contribution < -0.4 is 14.8 Å². The van der Waals surface area contributed by atoms with Crippen LogP contribution in [0, 0.1) is 5.92 Å². The second-order valence-corrected chi connectivity index (χ2v) is 7.24. The van der Waals surface area contributed by atoms with Crippen molar-refractivity contribution in [1.82, 2.24) is 0 Å². The highest BCUT2D eigenvalue weighted by atomic mass is 16.5. The maximum Gasteiger partial charge on any atom is 0.339 e. The fraction of sp³-hybridized carbons (Fsp3) is 0.348. The van der Waals surface area contributed by atoms with Gasteiger partial charge in [-0.3, -0.25) is 9.59 Å². The molecular weight excluding hydrogens is 386 g/mol. The number of hydrogen-bond acceptors (Lipinski definition) is 6. The molecule has 30 heavy (non-hydrogen) atoms. The van der Waals surface area contributed by atoms with Gasteiger partial charge >= 0.3 is 5.97 Å². The summed E-state index contributed by atoms with van der Waals surface area (Å²) in [6, 6.07) is 11.2. The number of anilines is 1. The lowest BCUT2D eigenvalue weighted by atomic mass is 10.1. The van der Waals surface area contributed by atoms with Gasteiger partial charge in [-0.25, -0.2) is 4.79 Å². The SMILES string of the molecule is COc1cc(C(=O)O[C@@H](C)C(=O)Nc2ccc(C(C)=O)cc2)ccc1OCC(C)C. The highest BCUT2D eigenvalue weighted by molar-refractivity contribution is 5.98. The van der Waals surface area contributed by atoms with Crippen molar-refractivity contribution >= 4 is 23.3 Å². The zero-order chi connectivity index (χ0) is 22.3. The quantitative estimate of drug-likeness (QED) is 0.491. The number of methoxy groups -OCH3 is 1. The summed E-state index contributed by atoms with van der Waals surface area (Å²) < 4.78 is 16.2. The van der Waals surface area contributed by atoms with Crippen LogP contribution in [0.5, 0.6) is 11.5 Å². The monoisotopic (exact) mass is 413 g/mol. The number of benzene rings is 2. The molecule has 7 nitrogen and oxygen atoms in total. The molecule has 2 aromatic rings. The Bertz CT molecular complexity index is 904. The van der Waals surface area contributed by atoms with E-state index in [1.165, 1.54) is 27.0 Å². The van der Waals surface area contributed by atoms with Crippen molar-refractivity contribution in [3.05, 3.63) is 53.6 Å². The molecule has 0 saturated carbocycles. The van der Waals surface area contributed by atoms with E-state index in [4.69, 9.17) is 14.2 Å². The normalized spacial score (nSPS) is 11.5. The average molecular weight is 413 g/mol. The molecule has 0 aromatic heterocycles. The van der Waals surface area contributed by atoms with Gasteiger partial charge in [-0.1, -0.05) is 13.8 Å². The molecule has 160 valence electrons. The maximum absolute atomic E-state index is 12.4. The number of esters is 1. The molecule has 0 spiro atoms. The summed E-state index contributed by atoms with van der Waals surface area (Å²) in [4.78, 5) is 36.1. The summed E-state index contributed by atoms with van der Waals surface area (Å²) in [6.07, 6.45) is -1.02. The fourth-order valence-corrected chi connectivity index (χ4v) is 2.48. The third-order valence-electron chi connectivity index (χ3n) is 4.18. The van der Waals surface area contributed by atoms with Crippen LogP contribution in [0.3, 0.4) is 0 Å². The summed E-state index contributed by atoms with van der Waals surface area (Å²) in [5, 5.41) is 2.65. The van der Waals surface area contributed by atoms with Crippen molar-refractivity contribution in [1.29, 1.82) is 0 Å². The molecule has 0 heterocycles. The van der Waals surface area contributed by atoms with Crippen molar-refractivity contribution in [2.24, 2.45) is 5.92 Å². The lowest BCUT2D eigenvalue weighted by molar-refractivity contribution is -0.123. The summed E-state index contributed by atoms with van der Waals surface area (Å²) in [5.74, 6) is 0.0833. The van der Waals surface area contributed by atoms with E-state index < -0.39 is 18.0 Å². The summed E-state index contributed by atoms with van der Waals surface area (Å²) >= 11 is 0. The van der Waals surface area contributed by atoms with Crippen LogP contribution in [0.1, 0.15) is 48.4 Å². The van der Waals surface area contributed by atoms with Gasteiger partial charge in [-0.15, -0.1) is 0 Å². The highest BCUT2D eigenvalue weighted by Gasteiger charge is 2.20. The number of ether oxygens (including phenoxy) is 3. The van der Waals surface area contributed by atoms with E-state index in [0.717, 1.165) is 0 Å². The predicted molar refractivity (Wildman–Crippen MR) is 113 cm³/mol. The van der Waals surface area contributed by atoms with Crippen LogP contribution in [0.15, 0.2) is 42.5 Å². The number of rotatable bonds is 9. The van der Waals surface area contributed by atoms with Crippen LogP contribution in [0.4, 0.5) is 5.69 Å². The average Bonchev–Trinajstić information content (AvgIpc) is 2.72. The Morgan fingerprint density at radius 2 is 1.57 bits per heavy atom. The van der Waals surface area contributed by atoms with Crippen LogP contribution >= 0.6 is 0 Å². The number of ketones is 1. The first-order valence-electron chi connectivity index (χ1n) is 9.65. The first-order valence-corrected chi connectivity index (χ1v) is 9.65. The first kappa shape index (κ1) is 22.9. The second-order valence-electron chi connectivity index (χ2n) is 7.24. The minimum atomic E-state index is -1.02. The number of amides is 1. The number of carbonyl (C=O) groups excluding carboxylic acids is 3. The van der Waals surface area contributed by atoms with Gasteiger partial charge in [0.25, 0.3) is 5.91 Å². The lowest BCUT2D eigenvalue weighted by Gasteiger charge is -2.15. The van der Waals surface area contributed by atoms with Crippen LogP contribution in [0.2, 0.25) is 0 Å². The molecule has 0 fully saturated rings. The lowest BCUT2D eigenvalue weighted by Crippen LogP contribution is -2.30. The summed E-state index contributed by atoms with van der Waals surface area (Å²) in [5.41, 5.74) is 1.29. The molecule has 2 rings (SSSR count). The molecule has 0 aliphatic rings. The first-order chi connectivity index (χ1) is 14.2. The van der Waals surface area contributed by atoms with Gasteiger partial charge in [0.15, 0.2) is 23.4 Å². The Labute approximate surface area is 176 Å². The van der Waals surface area contributed by atoms with Crippen LogP contribution in [-0.2, 0) is 9.53 Å². The second kappa shape index (κ2) is 10.4. The van der Waals surface area contributed by atoms with Gasteiger partial charge in [0, 0.05) is 11.3 Å². The third-order valence-corrected chi connectivity index (χ3v) is 4.18. The molecule has 1 amide bonds. The van der Waals surface area contributed by atoms with Crippen molar-refractivity contribution in [2.45, 2.75) is 33.8 Å². The molecular formula is C23H27NO6. The minimum Gasteiger partial charge on any atom is -0.493 e. The zero-order valence-corrected chi connectivity index (χ0v) is 17.9. The van der Waals surface area contributed by atoms with Crippen LogP contribution in [0.25, 0.3) is 0 Å². The molecule has 0 bridgehead atoms. The van der Waals surface area contributed by atoms with Gasteiger partial charge in [0.05, 0.1) is 19.3 Å². The Kier molecular flexibility index (Phi) is 7.98. The Morgan fingerprint density at radius 1 is 0.933 bits per heavy atom. The van der Waals surface area contributed by atoms with E-state index in [2.05, 4.69) is 5.32 Å². The standard InChI is InChI=1S/C23H27NO6/c1-14(2)13-29-20-11-8-18(12-21(20)28-5)23(27)30-16(4)22(26)24-19-9-6-17(7-10-19)15(3)25/h6-12,14,16H,13H2,1-5H3,(H,24,26)/t16-/m0/s1. The molecule has 0 saturated heterocycles. The van der Waals surface area contributed by atoms with Crippen molar-refractivity contribution in [2.75, 3.05) is 19.0 Å². The highest BCUT2D eigenvalue weighted by Crippen LogP contribution is 2.29. The molecule has 2 aromatic carbocycles. The van der Waals surface area contributed by atoms with Crippen molar-refractivity contribution in [3.8, 4) is 11.5 Å². The van der Waals surface area contributed by atoms with Crippen molar-refractivity contribution in [3.63, 3.8) is 0 Å². The van der Waals surface area contributed by atoms with E-state index in [-0.39, 0.29) is 11.3 Å². The number of Topliss-reactive ketones (excluding diaryl/α,β-unsaturated/α-hetero) is 1. The number of hydrogen-bond donors (Lipinski definition) is 1. The molecule has 0 unspecified atom stereocenters. The van der Waals surface area contributed by atoms with Gasteiger partial charge in [0.2, 0.25) is 0 Å². The predicted octanol–water partition coefficient (Wildman–Crippen LogP) is 4.12. The smallest absolute Gasteiger partial charge is 0.339 e. The molecule has 1 atom stereocenters. The summed E-state index contributed by atoms with van der Waals surface area (Å²) in [7, 11) is 1.49. The Hall–Kier alpha value is -3.35.